The standard InChI is InChI=1S/C15H22ClNOS/c1-11(2)17-10-12-4-3-5-14(16)15(12)19-13-6-8-18-9-7-13/h3-5,11,13,17H,6-10H2,1-2H3. The lowest BCUT2D eigenvalue weighted by atomic mass is 10.2. The van der Waals surface area contributed by atoms with Crippen LogP contribution >= 0.6 is 23.4 Å². The van der Waals surface area contributed by atoms with Crippen LogP contribution in [0.4, 0.5) is 0 Å². The van der Waals surface area contributed by atoms with Gasteiger partial charge in [-0.15, -0.1) is 11.8 Å². The smallest absolute Gasteiger partial charge is 0.0545 e. The number of nitrogens with one attached hydrogen (secondary N) is 1. The molecule has 2 rings (SSSR count). The lowest BCUT2D eigenvalue weighted by Crippen LogP contribution is -2.22. The van der Waals surface area contributed by atoms with Crippen LogP contribution in [0.5, 0.6) is 0 Å². The Morgan fingerprint density at radius 1 is 1.37 bits per heavy atom. The Hall–Kier alpha value is -0.220. The zero-order valence-electron chi connectivity index (χ0n) is 11.6. The van der Waals surface area contributed by atoms with E-state index >= 15 is 0 Å². The highest BCUT2D eigenvalue weighted by Crippen LogP contribution is 2.36. The van der Waals surface area contributed by atoms with E-state index in [2.05, 4.69) is 25.2 Å². The van der Waals surface area contributed by atoms with E-state index in [1.807, 2.05) is 23.9 Å². The molecule has 0 aliphatic carbocycles. The van der Waals surface area contributed by atoms with Crippen molar-refractivity contribution in [3.63, 3.8) is 0 Å². The molecule has 1 fully saturated rings. The quantitative estimate of drug-likeness (QED) is 0.884. The third-order valence-corrected chi connectivity index (χ3v) is 5.15. The summed E-state index contributed by atoms with van der Waals surface area (Å²) in [7, 11) is 0. The molecular formula is C15H22ClNOS. The molecular weight excluding hydrogens is 278 g/mol. The largest absolute Gasteiger partial charge is 0.381 e. The molecule has 0 spiro atoms. The maximum atomic E-state index is 6.38. The molecule has 4 heteroatoms. The Bertz CT molecular complexity index is 405. The first-order chi connectivity index (χ1) is 9.16. The Kier molecular flexibility index (Phi) is 6.02. The highest BCUT2D eigenvalue weighted by molar-refractivity contribution is 8.00. The molecule has 0 bridgehead atoms. The van der Waals surface area contributed by atoms with Crippen LogP contribution in [-0.2, 0) is 11.3 Å². The SMILES string of the molecule is CC(C)NCc1cccc(Cl)c1SC1CCOCC1. The molecule has 1 aromatic rings. The molecule has 0 radical (unpaired) electrons. The molecule has 19 heavy (non-hydrogen) atoms. The molecule has 0 amide bonds. The summed E-state index contributed by atoms with van der Waals surface area (Å²) < 4.78 is 5.42. The van der Waals surface area contributed by atoms with Crippen LogP contribution in [0.3, 0.4) is 0 Å². The van der Waals surface area contributed by atoms with Crippen LogP contribution < -0.4 is 5.32 Å². The van der Waals surface area contributed by atoms with Crippen molar-refractivity contribution in [1.82, 2.24) is 5.32 Å². The summed E-state index contributed by atoms with van der Waals surface area (Å²) >= 11 is 8.30. The number of halogens is 1. The van der Waals surface area contributed by atoms with Crippen molar-refractivity contribution >= 4 is 23.4 Å². The van der Waals surface area contributed by atoms with Crippen molar-refractivity contribution in [3.8, 4) is 0 Å². The molecule has 2 nitrogen and oxygen atoms in total. The number of hydrogen-bond acceptors (Lipinski definition) is 3. The van der Waals surface area contributed by atoms with Gasteiger partial charge in [0.25, 0.3) is 0 Å². The summed E-state index contributed by atoms with van der Waals surface area (Å²) in [5, 5.41) is 4.98. The molecule has 0 aromatic heterocycles. The van der Waals surface area contributed by atoms with Crippen molar-refractivity contribution in [2.24, 2.45) is 0 Å². The van der Waals surface area contributed by atoms with Gasteiger partial charge < -0.3 is 10.1 Å². The highest BCUT2D eigenvalue weighted by Gasteiger charge is 2.18. The molecule has 1 aliphatic rings. The first kappa shape index (κ1) is 15.2. The molecule has 0 atom stereocenters. The van der Waals surface area contributed by atoms with Crippen LogP contribution in [0.1, 0.15) is 32.3 Å². The monoisotopic (exact) mass is 299 g/mol. The third-order valence-electron chi connectivity index (χ3n) is 3.20. The fourth-order valence-corrected chi connectivity index (χ4v) is 3.66. The van der Waals surface area contributed by atoms with Gasteiger partial charge in [-0.2, -0.15) is 0 Å². The van der Waals surface area contributed by atoms with Crippen LogP contribution in [0.25, 0.3) is 0 Å². The highest BCUT2D eigenvalue weighted by atomic mass is 35.5. The zero-order chi connectivity index (χ0) is 13.7. The Morgan fingerprint density at radius 3 is 2.79 bits per heavy atom. The van der Waals surface area contributed by atoms with Gasteiger partial charge in [-0.3, -0.25) is 0 Å². The van der Waals surface area contributed by atoms with Crippen LogP contribution in [0.2, 0.25) is 5.02 Å². The first-order valence-electron chi connectivity index (χ1n) is 6.92. The topological polar surface area (TPSA) is 21.3 Å². The molecule has 1 saturated heterocycles. The minimum absolute atomic E-state index is 0.486. The summed E-state index contributed by atoms with van der Waals surface area (Å²) in [4.78, 5) is 1.24. The predicted octanol–water partition coefficient (Wildman–Crippen LogP) is 4.11. The van der Waals surface area contributed by atoms with Crippen molar-refractivity contribution in [3.05, 3.63) is 28.8 Å². The van der Waals surface area contributed by atoms with E-state index in [0.717, 1.165) is 37.6 Å². The van der Waals surface area contributed by atoms with Crippen molar-refractivity contribution < 1.29 is 4.74 Å². The van der Waals surface area contributed by atoms with Gasteiger partial charge in [-0.1, -0.05) is 37.6 Å². The lowest BCUT2D eigenvalue weighted by molar-refractivity contribution is 0.1000. The Morgan fingerprint density at radius 2 is 2.11 bits per heavy atom. The van der Waals surface area contributed by atoms with E-state index in [1.54, 1.807) is 0 Å². The maximum Gasteiger partial charge on any atom is 0.0545 e. The fraction of sp³-hybridized carbons (Fsp3) is 0.600. The zero-order valence-corrected chi connectivity index (χ0v) is 13.2. The van der Waals surface area contributed by atoms with E-state index in [1.165, 1.54) is 10.5 Å². The van der Waals surface area contributed by atoms with E-state index < -0.39 is 0 Å². The molecule has 1 N–H and O–H groups in total. The van der Waals surface area contributed by atoms with Gasteiger partial charge in [0, 0.05) is 35.9 Å². The third kappa shape index (κ3) is 4.67. The normalized spacial score (nSPS) is 17.1. The number of thioether (sulfide) groups is 1. The predicted molar refractivity (Wildman–Crippen MR) is 83.1 cm³/mol. The number of benzene rings is 1. The van der Waals surface area contributed by atoms with Gasteiger partial charge >= 0.3 is 0 Å². The van der Waals surface area contributed by atoms with Gasteiger partial charge in [0.2, 0.25) is 0 Å². The summed E-state index contributed by atoms with van der Waals surface area (Å²) in [5.41, 5.74) is 1.30. The average Bonchev–Trinajstić information content (AvgIpc) is 2.40. The van der Waals surface area contributed by atoms with Gasteiger partial charge in [0.05, 0.1) is 5.02 Å². The van der Waals surface area contributed by atoms with Crippen LogP contribution in [0.15, 0.2) is 23.1 Å². The van der Waals surface area contributed by atoms with Gasteiger partial charge in [-0.25, -0.2) is 0 Å². The average molecular weight is 300 g/mol. The van der Waals surface area contributed by atoms with Gasteiger partial charge in [0.15, 0.2) is 0 Å². The van der Waals surface area contributed by atoms with Crippen molar-refractivity contribution in [2.45, 2.75) is 49.4 Å². The summed E-state index contributed by atoms with van der Waals surface area (Å²) in [6, 6.07) is 6.68. The maximum absolute atomic E-state index is 6.38. The second-order valence-corrected chi connectivity index (χ2v) is 6.91. The van der Waals surface area contributed by atoms with Gasteiger partial charge in [-0.05, 0) is 24.5 Å². The summed E-state index contributed by atoms with van der Waals surface area (Å²) in [6.45, 7) is 6.96. The van der Waals surface area contributed by atoms with Crippen molar-refractivity contribution in [1.29, 1.82) is 0 Å². The van der Waals surface area contributed by atoms with Crippen molar-refractivity contribution in [2.75, 3.05) is 13.2 Å². The second kappa shape index (κ2) is 7.53. The van der Waals surface area contributed by atoms with Crippen LogP contribution in [-0.4, -0.2) is 24.5 Å². The van der Waals surface area contributed by atoms with E-state index in [-0.39, 0.29) is 0 Å². The Balaban J connectivity index is 2.07. The van der Waals surface area contributed by atoms with E-state index in [0.29, 0.717) is 11.3 Å². The van der Waals surface area contributed by atoms with E-state index in [4.69, 9.17) is 16.3 Å². The number of rotatable bonds is 5. The fourth-order valence-electron chi connectivity index (χ4n) is 2.10. The van der Waals surface area contributed by atoms with Crippen LogP contribution in [0, 0.1) is 0 Å². The minimum atomic E-state index is 0.486. The minimum Gasteiger partial charge on any atom is -0.381 e. The molecule has 1 aliphatic heterocycles. The van der Waals surface area contributed by atoms with E-state index in [9.17, 15) is 0 Å². The summed E-state index contributed by atoms with van der Waals surface area (Å²) in [6.07, 6.45) is 2.24. The lowest BCUT2D eigenvalue weighted by Gasteiger charge is -2.23. The molecule has 0 unspecified atom stereocenters. The van der Waals surface area contributed by atoms with Gasteiger partial charge in [0.1, 0.15) is 0 Å². The second-order valence-electron chi connectivity index (χ2n) is 5.19. The molecule has 0 saturated carbocycles. The molecule has 1 heterocycles. The summed E-state index contributed by atoms with van der Waals surface area (Å²) in [5.74, 6) is 0. The number of ether oxygens (including phenoxy) is 1. The molecule has 106 valence electrons. The number of hydrogen-bond donors (Lipinski definition) is 1. The Labute approximate surface area is 125 Å². The first-order valence-corrected chi connectivity index (χ1v) is 8.17. The molecule has 1 aromatic carbocycles.